The van der Waals surface area contributed by atoms with E-state index in [4.69, 9.17) is 4.74 Å². The van der Waals surface area contributed by atoms with Gasteiger partial charge in [-0.3, -0.25) is 4.79 Å². The monoisotopic (exact) mass is 366 g/mol. The van der Waals surface area contributed by atoms with Gasteiger partial charge >= 0.3 is 5.97 Å². The largest absolute Gasteiger partial charge is 0.452 e. The number of hydrogen-bond acceptors (Lipinski definition) is 4. The summed E-state index contributed by atoms with van der Waals surface area (Å²) in [5.41, 5.74) is 1.97. The topological polar surface area (TPSA) is 58.6 Å². The van der Waals surface area contributed by atoms with Gasteiger partial charge in [-0.25, -0.2) is 4.79 Å². The summed E-state index contributed by atoms with van der Waals surface area (Å²) >= 11 is 0. The molecule has 0 spiro atoms. The van der Waals surface area contributed by atoms with Crippen LogP contribution in [0.3, 0.4) is 0 Å². The molecule has 2 aromatic rings. The van der Waals surface area contributed by atoms with E-state index < -0.39 is 5.97 Å². The second kappa shape index (κ2) is 9.21. The molecule has 0 aromatic heterocycles. The smallest absolute Gasteiger partial charge is 0.340 e. The van der Waals surface area contributed by atoms with E-state index in [0.717, 1.165) is 31.4 Å². The van der Waals surface area contributed by atoms with E-state index in [2.05, 4.69) is 5.32 Å². The first-order valence-electron chi connectivity index (χ1n) is 9.51. The van der Waals surface area contributed by atoms with E-state index in [1.165, 1.54) is 6.42 Å². The average molecular weight is 366 g/mol. The first-order valence-corrected chi connectivity index (χ1v) is 9.51. The second-order valence-electron chi connectivity index (χ2n) is 6.76. The third kappa shape index (κ3) is 4.67. The first-order chi connectivity index (χ1) is 13.2. The molecule has 3 rings (SSSR count). The van der Waals surface area contributed by atoms with Gasteiger partial charge in [-0.1, -0.05) is 49.6 Å². The lowest BCUT2D eigenvalue weighted by atomic mass is 9.93. The summed E-state index contributed by atoms with van der Waals surface area (Å²) in [6.07, 6.45) is 5.42. The number of amides is 1. The van der Waals surface area contributed by atoms with Crippen molar-refractivity contribution in [3.63, 3.8) is 0 Å². The highest BCUT2D eigenvalue weighted by Crippen LogP contribution is 2.27. The Morgan fingerprint density at radius 2 is 1.67 bits per heavy atom. The van der Waals surface area contributed by atoms with Crippen LogP contribution in [0.25, 0.3) is 0 Å². The molecule has 27 heavy (non-hydrogen) atoms. The first kappa shape index (κ1) is 19.0. The number of nitrogens with one attached hydrogen (secondary N) is 1. The number of ether oxygens (including phenoxy) is 1. The van der Waals surface area contributed by atoms with Crippen molar-refractivity contribution < 1.29 is 14.3 Å². The number of carbonyl (C=O) groups excluding carboxylic acids is 2. The molecule has 0 bridgehead atoms. The van der Waals surface area contributed by atoms with Gasteiger partial charge in [-0.05, 0) is 37.1 Å². The molecule has 1 fully saturated rings. The fourth-order valence-electron chi connectivity index (χ4n) is 3.64. The molecule has 0 radical (unpaired) electrons. The quantitative estimate of drug-likeness (QED) is 0.777. The Morgan fingerprint density at radius 1 is 1.00 bits per heavy atom. The molecule has 1 N–H and O–H groups in total. The molecule has 142 valence electrons. The van der Waals surface area contributed by atoms with Crippen molar-refractivity contribution in [3.8, 4) is 0 Å². The van der Waals surface area contributed by atoms with Crippen LogP contribution in [0.4, 0.5) is 11.4 Å². The molecule has 0 unspecified atom stereocenters. The molecule has 2 aromatic carbocycles. The van der Waals surface area contributed by atoms with Crippen molar-refractivity contribution in [3.05, 3.63) is 60.2 Å². The molecule has 1 amide bonds. The van der Waals surface area contributed by atoms with E-state index in [9.17, 15) is 9.59 Å². The van der Waals surface area contributed by atoms with Gasteiger partial charge in [0.2, 0.25) is 0 Å². The predicted octanol–water partition coefficient (Wildman–Crippen LogP) is 4.25. The summed E-state index contributed by atoms with van der Waals surface area (Å²) < 4.78 is 5.36. The molecule has 0 heterocycles. The number of carbonyl (C=O) groups is 2. The van der Waals surface area contributed by atoms with Gasteiger partial charge in [0.05, 0.1) is 5.56 Å². The van der Waals surface area contributed by atoms with Crippen molar-refractivity contribution in [2.24, 2.45) is 0 Å². The summed E-state index contributed by atoms with van der Waals surface area (Å²) in [6.45, 7) is -0.262. The highest BCUT2D eigenvalue weighted by molar-refractivity contribution is 5.99. The van der Waals surface area contributed by atoms with Gasteiger partial charge in [0.15, 0.2) is 6.61 Å². The van der Waals surface area contributed by atoms with Crippen molar-refractivity contribution >= 4 is 23.3 Å². The Kier molecular flexibility index (Phi) is 6.47. The van der Waals surface area contributed by atoms with Gasteiger partial charge in [0.1, 0.15) is 0 Å². The Labute approximate surface area is 160 Å². The van der Waals surface area contributed by atoms with Crippen LogP contribution >= 0.6 is 0 Å². The van der Waals surface area contributed by atoms with Crippen LogP contribution in [-0.2, 0) is 9.53 Å². The lowest BCUT2D eigenvalue weighted by Gasteiger charge is -2.34. The lowest BCUT2D eigenvalue weighted by molar-refractivity contribution is -0.122. The maximum absolute atomic E-state index is 13.0. The maximum Gasteiger partial charge on any atom is 0.340 e. The summed E-state index contributed by atoms with van der Waals surface area (Å²) in [5.74, 6) is -0.673. The number of rotatable bonds is 6. The Bertz CT molecular complexity index is 770. The predicted molar refractivity (Wildman–Crippen MR) is 107 cm³/mol. The Morgan fingerprint density at radius 3 is 2.37 bits per heavy atom. The van der Waals surface area contributed by atoms with Crippen molar-refractivity contribution in [2.75, 3.05) is 23.9 Å². The fraction of sp³-hybridized carbons (Fsp3) is 0.364. The number of anilines is 2. The number of hydrogen-bond donors (Lipinski definition) is 1. The molecule has 1 aliphatic carbocycles. The van der Waals surface area contributed by atoms with E-state index >= 15 is 0 Å². The highest BCUT2D eigenvalue weighted by atomic mass is 16.5. The Balaban J connectivity index is 1.72. The van der Waals surface area contributed by atoms with Crippen LogP contribution in [0.15, 0.2) is 54.6 Å². The van der Waals surface area contributed by atoms with Crippen LogP contribution in [0.2, 0.25) is 0 Å². The third-order valence-electron chi connectivity index (χ3n) is 4.99. The SMILES string of the molecule is CNc1ccccc1C(=O)OCC(=O)N(c1ccccc1)C1CCCCC1. The number of para-hydroxylation sites is 2. The zero-order valence-corrected chi connectivity index (χ0v) is 15.7. The number of nitrogens with zero attached hydrogens (tertiary/aromatic N) is 1. The van der Waals surface area contributed by atoms with Crippen molar-refractivity contribution in [1.29, 1.82) is 0 Å². The maximum atomic E-state index is 13.0. The van der Waals surface area contributed by atoms with E-state index in [-0.39, 0.29) is 18.6 Å². The molecule has 0 atom stereocenters. The molecular weight excluding hydrogens is 340 g/mol. The van der Waals surface area contributed by atoms with E-state index in [0.29, 0.717) is 11.3 Å². The van der Waals surface area contributed by atoms with Gasteiger partial charge in [-0.15, -0.1) is 0 Å². The van der Waals surface area contributed by atoms with Gasteiger partial charge in [-0.2, -0.15) is 0 Å². The highest BCUT2D eigenvalue weighted by Gasteiger charge is 2.27. The van der Waals surface area contributed by atoms with E-state index in [1.54, 1.807) is 25.2 Å². The fourth-order valence-corrected chi connectivity index (χ4v) is 3.64. The van der Waals surface area contributed by atoms with Crippen LogP contribution in [0, 0.1) is 0 Å². The molecule has 1 aliphatic rings. The lowest BCUT2D eigenvalue weighted by Crippen LogP contribution is -2.43. The van der Waals surface area contributed by atoms with Gasteiger partial charge in [0, 0.05) is 24.5 Å². The zero-order chi connectivity index (χ0) is 19.1. The van der Waals surface area contributed by atoms with Crippen LogP contribution in [0.5, 0.6) is 0 Å². The third-order valence-corrected chi connectivity index (χ3v) is 4.99. The van der Waals surface area contributed by atoms with Crippen LogP contribution in [0.1, 0.15) is 42.5 Å². The minimum absolute atomic E-state index is 0.164. The summed E-state index contributed by atoms with van der Waals surface area (Å²) in [6, 6.07) is 16.9. The van der Waals surface area contributed by atoms with Crippen LogP contribution < -0.4 is 10.2 Å². The average Bonchev–Trinajstić information content (AvgIpc) is 2.73. The van der Waals surface area contributed by atoms with Crippen molar-refractivity contribution in [2.45, 2.75) is 38.1 Å². The van der Waals surface area contributed by atoms with Crippen molar-refractivity contribution in [1.82, 2.24) is 0 Å². The number of benzene rings is 2. The standard InChI is InChI=1S/C22H26N2O3/c1-23-20-15-9-8-14-19(20)22(26)27-16-21(25)24(17-10-4-2-5-11-17)18-12-6-3-7-13-18/h2,4-5,8-11,14-15,18,23H,3,6-7,12-13,16H2,1H3. The zero-order valence-electron chi connectivity index (χ0n) is 15.7. The molecule has 1 saturated carbocycles. The van der Waals surface area contributed by atoms with E-state index in [1.807, 2.05) is 41.3 Å². The summed E-state index contributed by atoms with van der Waals surface area (Å²) in [4.78, 5) is 27.2. The summed E-state index contributed by atoms with van der Waals surface area (Å²) in [7, 11) is 1.75. The normalized spacial score (nSPS) is 14.4. The Hall–Kier alpha value is -2.82. The molecule has 0 saturated heterocycles. The minimum Gasteiger partial charge on any atom is -0.452 e. The minimum atomic E-state index is -0.495. The molecule has 5 heteroatoms. The van der Waals surface area contributed by atoms with Gasteiger partial charge in [0.25, 0.3) is 5.91 Å². The molecule has 0 aliphatic heterocycles. The van der Waals surface area contributed by atoms with Crippen LogP contribution in [-0.4, -0.2) is 31.6 Å². The molecular formula is C22H26N2O3. The summed E-state index contributed by atoms with van der Waals surface area (Å²) in [5, 5.41) is 2.97. The number of esters is 1. The second-order valence-corrected chi connectivity index (χ2v) is 6.76. The molecule has 5 nitrogen and oxygen atoms in total. The van der Waals surface area contributed by atoms with Gasteiger partial charge < -0.3 is 15.0 Å².